The van der Waals surface area contributed by atoms with E-state index in [0.29, 0.717) is 5.92 Å². The van der Waals surface area contributed by atoms with Gasteiger partial charge in [-0.1, -0.05) is 40.0 Å². The molecule has 2 unspecified atom stereocenters. The minimum Gasteiger partial charge on any atom is -0.393 e. The summed E-state index contributed by atoms with van der Waals surface area (Å²) >= 11 is 9.60. The molecule has 1 N–H and O–H groups in total. The molecule has 0 radical (unpaired) electrons. The first-order valence-corrected chi connectivity index (χ1v) is 6.94. The Morgan fingerprint density at radius 3 is 2.88 bits per heavy atom. The fourth-order valence-corrected chi connectivity index (χ4v) is 3.20. The summed E-state index contributed by atoms with van der Waals surface area (Å²) in [6.45, 7) is 0. The van der Waals surface area contributed by atoms with Crippen molar-refractivity contribution >= 4 is 27.5 Å². The Bertz CT molecular complexity index is 367. The number of halogens is 2. The van der Waals surface area contributed by atoms with Gasteiger partial charge < -0.3 is 5.11 Å². The van der Waals surface area contributed by atoms with Crippen LogP contribution in [0, 0.1) is 5.92 Å². The average Bonchev–Trinajstić information content (AvgIpc) is 2.22. The van der Waals surface area contributed by atoms with Crippen LogP contribution in [0.5, 0.6) is 0 Å². The third-order valence-corrected chi connectivity index (χ3v) is 4.12. The molecule has 0 aliphatic heterocycles. The maximum atomic E-state index is 9.63. The highest BCUT2D eigenvalue weighted by atomic mass is 79.9. The highest BCUT2D eigenvalue weighted by Gasteiger charge is 2.20. The zero-order valence-corrected chi connectivity index (χ0v) is 11.5. The summed E-state index contributed by atoms with van der Waals surface area (Å²) in [4.78, 5) is 0. The molecular formula is C13H16BrClO. The summed E-state index contributed by atoms with van der Waals surface area (Å²) in [5, 5.41) is 10.5. The van der Waals surface area contributed by atoms with E-state index < -0.39 is 0 Å². The van der Waals surface area contributed by atoms with E-state index in [1.807, 2.05) is 12.1 Å². The lowest BCUT2D eigenvalue weighted by atomic mass is 9.83. The second-order valence-electron chi connectivity index (χ2n) is 4.63. The van der Waals surface area contributed by atoms with Crippen LogP contribution in [0.2, 0.25) is 5.02 Å². The van der Waals surface area contributed by atoms with Crippen LogP contribution in [-0.4, -0.2) is 11.2 Å². The van der Waals surface area contributed by atoms with Gasteiger partial charge in [0.1, 0.15) is 0 Å². The first kappa shape index (κ1) is 12.4. The monoisotopic (exact) mass is 302 g/mol. The van der Waals surface area contributed by atoms with Crippen LogP contribution in [0.3, 0.4) is 0 Å². The number of aliphatic hydroxyl groups excluding tert-OH is 1. The zero-order valence-electron chi connectivity index (χ0n) is 9.13. The predicted octanol–water partition coefficient (Wildman–Crippen LogP) is 4.20. The molecule has 1 fully saturated rings. The van der Waals surface area contributed by atoms with E-state index in [2.05, 4.69) is 22.0 Å². The van der Waals surface area contributed by atoms with Crippen LogP contribution in [0.4, 0.5) is 0 Å². The minimum absolute atomic E-state index is 0.104. The van der Waals surface area contributed by atoms with E-state index in [1.54, 1.807) is 0 Å². The van der Waals surface area contributed by atoms with Crippen LogP contribution in [0.1, 0.15) is 31.2 Å². The molecule has 1 aromatic rings. The summed E-state index contributed by atoms with van der Waals surface area (Å²) in [6.07, 6.45) is 5.12. The molecule has 0 aromatic heterocycles. The Morgan fingerprint density at radius 2 is 2.19 bits per heavy atom. The summed E-state index contributed by atoms with van der Waals surface area (Å²) in [5.74, 6) is 0.586. The van der Waals surface area contributed by atoms with Gasteiger partial charge in [-0.3, -0.25) is 0 Å². The maximum Gasteiger partial charge on any atom is 0.0543 e. The predicted molar refractivity (Wildman–Crippen MR) is 70.8 cm³/mol. The SMILES string of the molecule is OC1CCCC(Cc2ccc(Br)cc2Cl)C1. The molecule has 0 saturated heterocycles. The standard InChI is InChI=1S/C13H16BrClO/c14-11-5-4-10(13(15)8-11)6-9-2-1-3-12(16)7-9/h4-5,8-9,12,16H,1-3,6-7H2. The lowest BCUT2D eigenvalue weighted by Crippen LogP contribution is -2.21. The molecule has 1 aromatic carbocycles. The van der Waals surface area contributed by atoms with Crippen LogP contribution in [0.25, 0.3) is 0 Å². The van der Waals surface area contributed by atoms with Crippen molar-refractivity contribution in [2.75, 3.05) is 0 Å². The quantitative estimate of drug-likeness (QED) is 0.868. The fraction of sp³-hybridized carbons (Fsp3) is 0.538. The molecule has 1 nitrogen and oxygen atoms in total. The van der Waals surface area contributed by atoms with Crippen LogP contribution < -0.4 is 0 Å². The summed E-state index contributed by atoms with van der Waals surface area (Å²) in [6, 6.07) is 6.05. The van der Waals surface area contributed by atoms with E-state index in [1.165, 1.54) is 12.0 Å². The van der Waals surface area contributed by atoms with Gasteiger partial charge in [-0.15, -0.1) is 0 Å². The highest BCUT2D eigenvalue weighted by molar-refractivity contribution is 9.10. The van der Waals surface area contributed by atoms with Crippen molar-refractivity contribution in [3.8, 4) is 0 Å². The third kappa shape index (κ3) is 3.22. The molecule has 0 amide bonds. The summed E-state index contributed by atoms with van der Waals surface area (Å²) in [7, 11) is 0. The average molecular weight is 304 g/mol. The van der Waals surface area contributed by atoms with Crippen LogP contribution in [-0.2, 0) is 6.42 Å². The Labute approximate surface area is 110 Å². The Hall–Kier alpha value is -0.0500. The number of aliphatic hydroxyl groups is 1. The lowest BCUT2D eigenvalue weighted by Gasteiger charge is -2.26. The van der Waals surface area contributed by atoms with E-state index >= 15 is 0 Å². The van der Waals surface area contributed by atoms with Crippen molar-refractivity contribution in [2.45, 2.75) is 38.2 Å². The van der Waals surface area contributed by atoms with Gasteiger partial charge in [0.25, 0.3) is 0 Å². The second kappa shape index (κ2) is 5.52. The smallest absolute Gasteiger partial charge is 0.0543 e. The summed E-state index contributed by atoms with van der Waals surface area (Å²) < 4.78 is 1.02. The third-order valence-electron chi connectivity index (χ3n) is 3.28. The molecule has 1 aliphatic carbocycles. The van der Waals surface area contributed by atoms with E-state index in [-0.39, 0.29) is 6.10 Å². The Balaban J connectivity index is 2.02. The van der Waals surface area contributed by atoms with Crippen LogP contribution >= 0.6 is 27.5 Å². The zero-order chi connectivity index (χ0) is 11.5. The van der Waals surface area contributed by atoms with Gasteiger partial charge in [-0.2, -0.15) is 0 Å². The second-order valence-corrected chi connectivity index (χ2v) is 5.95. The number of rotatable bonds is 2. The molecular weight excluding hydrogens is 287 g/mol. The molecule has 3 heteroatoms. The van der Waals surface area contributed by atoms with Gasteiger partial charge in [-0.05, 0) is 49.3 Å². The van der Waals surface area contributed by atoms with Gasteiger partial charge in [0.15, 0.2) is 0 Å². The molecule has 2 rings (SSSR count). The van der Waals surface area contributed by atoms with Gasteiger partial charge in [0.2, 0.25) is 0 Å². The van der Waals surface area contributed by atoms with Crippen molar-refractivity contribution < 1.29 is 5.11 Å². The Morgan fingerprint density at radius 1 is 1.38 bits per heavy atom. The molecule has 0 heterocycles. The molecule has 16 heavy (non-hydrogen) atoms. The number of hydrogen-bond acceptors (Lipinski definition) is 1. The molecule has 88 valence electrons. The van der Waals surface area contributed by atoms with Gasteiger partial charge in [-0.25, -0.2) is 0 Å². The molecule has 1 aliphatic rings. The fourth-order valence-electron chi connectivity index (χ4n) is 2.45. The number of hydrogen-bond donors (Lipinski definition) is 1. The van der Waals surface area contributed by atoms with E-state index in [0.717, 1.165) is 35.2 Å². The first-order valence-electron chi connectivity index (χ1n) is 5.77. The van der Waals surface area contributed by atoms with E-state index in [9.17, 15) is 5.11 Å². The molecule has 2 atom stereocenters. The minimum atomic E-state index is -0.104. The van der Waals surface area contributed by atoms with E-state index in [4.69, 9.17) is 11.6 Å². The first-order chi connectivity index (χ1) is 7.65. The van der Waals surface area contributed by atoms with Crippen molar-refractivity contribution in [2.24, 2.45) is 5.92 Å². The van der Waals surface area contributed by atoms with Crippen molar-refractivity contribution in [1.82, 2.24) is 0 Å². The molecule has 1 saturated carbocycles. The number of benzene rings is 1. The Kier molecular flexibility index (Phi) is 4.28. The maximum absolute atomic E-state index is 9.63. The van der Waals surface area contributed by atoms with Gasteiger partial charge in [0, 0.05) is 9.50 Å². The highest BCUT2D eigenvalue weighted by Crippen LogP contribution is 2.30. The normalized spacial score (nSPS) is 25.7. The van der Waals surface area contributed by atoms with Gasteiger partial charge >= 0.3 is 0 Å². The van der Waals surface area contributed by atoms with Crippen molar-refractivity contribution in [3.63, 3.8) is 0 Å². The molecule has 0 spiro atoms. The molecule has 0 bridgehead atoms. The lowest BCUT2D eigenvalue weighted by molar-refractivity contribution is 0.101. The van der Waals surface area contributed by atoms with Crippen LogP contribution in [0.15, 0.2) is 22.7 Å². The summed E-state index contributed by atoms with van der Waals surface area (Å²) in [5.41, 5.74) is 1.20. The topological polar surface area (TPSA) is 20.2 Å². The van der Waals surface area contributed by atoms with Crippen molar-refractivity contribution in [3.05, 3.63) is 33.3 Å². The van der Waals surface area contributed by atoms with Crippen molar-refractivity contribution in [1.29, 1.82) is 0 Å². The largest absolute Gasteiger partial charge is 0.393 e. The van der Waals surface area contributed by atoms with Gasteiger partial charge in [0.05, 0.1) is 6.10 Å².